The van der Waals surface area contributed by atoms with Crippen molar-refractivity contribution in [2.24, 2.45) is 0 Å². The highest BCUT2D eigenvalue weighted by Gasteiger charge is 2.34. The molecule has 0 bridgehead atoms. The number of carbonyl (C=O) groups is 2. The molecule has 0 spiro atoms. The number of hydrogen-bond acceptors (Lipinski definition) is 6. The summed E-state index contributed by atoms with van der Waals surface area (Å²) in [5, 5.41) is 1.19. The Hall–Kier alpha value is -2.45. The second kappa shape index (κ2) is 8.09. The van der Waals surface area contributed by atoms with E-state index in [-0.39, 0.29) is 18.1 Å². The molecule has 1 N–H and O–H groups in total. The van der Waals surface area contributed by atoms with Crippen molar-refractivity contribution in [3.63, 3.8) is 0 Å². The number of benzene rings is 2. The number of carbonyl (C=O) groups excluding carboxylic acids is 2. The molecular weight excluding hydrogens is 346 g/mol. The highest BCUT2D eigenvalue weighted by Crippen LogP contribution is 2.23. The van der Waals surface area contributed by atoms with Crippen molar-refractivity contribution in [3.05, 3.63) is 42.5 Å². The van der Waals surface area contributed by atoms with E-state index in [0.717, 1.165) is 0 Å². The van der Waals surface area contributed by atoms with E-state index in [2.05, 4.69) is 4.72 Å². The maximum absolute atomic E-state index is 12.7. The summed E-state index contributed by atoms with van der Waals surface area (Å²) in [6.45, 7) is 3.12. The van der Waals surface area contributed by atoms with E-state index in [9.17, 15) is 18.0 Å². The fourth-order valence-corrected chi connectivity index (χ4v) is 3.66. The van der Waals surface area contributed by atoms with Gasteiger partial charge in [-0.2, -0.15) is 4.72 Å². The molecule has 25 heavy (non-hydrogen) atoms. The summed E-state index contributed by atoms with van der Waals surface area (Å²) in [5.41, 5.74) is 0. The Kier molecular flexibility index (Phi) is 6.11. The van der Waals surface area contributed by atoms with Crippen LogP contribution in [-0.4, -0.2) is 39.6 Å². The van der Waals surface area contributed by atoms with Gasteiger partial charge in [-0.15, -0.1) is 0 Å². The van der Waals surface area contributed by atoms with Crippen molar-refractivity contribution < 1.29 is 27.5 Å². The molecule has 134 valence electrons. The van der Waals surface area contributed by atoms with Crippen LogP contribution in [0.3, 0.4) is 0 Å². The van der Waals surface area contributed by atoms with Crippen LogP contribution in [0, 0.1) is 0 Å². The molecule has 8 heteroatoms. The number of nitrogens with one attached hydrogen (secondary N) is 1. The highest BCUT2D eigenvalue weighted by molar-refractivity contribution is 7.89. The molecule has 0 unspecified atom stereocenters. The summed E-state index contributed by atoms with van der Waals surface area (Å²) >= 11 is 0. The molecule has 0 amide bonds. The minimum atomic E-state index is -4.16. The average molecular weight is 365 g/mol. The van der Waals surface area contributed by atoms with Crippen LogP contribution in [-0.2, 0) is 29.1 Å². The first-order valence-electron chi connectivity index (χ1n) is 7.74. The van der Waals surface area contributed by atoms with Crippen LogP contribution in [0.25, 0.3) is 10.8 Å². The van der Waals surface area contributed by atoms with Crippen LogP contribution in [0.2, 0.25) is 0 Å². The van der Waals surface area contributed by atoms with Crippen molar-refractivity contribution in [1.29, 1.82) is 0 Å². The normalized spacial score (nSPS) is 11.5. The van der Waals surface area contributed by atoms with Crippen LogP contribution >= 0.6 is 0 Å². The van der Waals surface area contributed by atoms with Gasteiger partial charge in [0.15, 0.2) is 0 Å². The Labute approximate surface area is 146 Å². The maximum atomic E-state index is 12.7. The molecule has 0 saturated heterocycles. The van der Waals surface area contributed by atoms with Crippen LogP contribution < -0.4 is 4.72 Å². The zero-order valence-electron chi connectivity index (χ0n) is 13.9. The third kappa shape index (κ3) is 4.34. The summed E-state index contributed by atoms with van der Waals surface area (Å²) < 4.78 is 37.1. The van der Waals surface area contributed by atoms with Crippen LogP contribution in [0.1, 0.15) is 13.8 Å². The van der Waals surface area contributed by atoms with Gasteiger partial charge >= 0.3 is 11.9 Å². The predicted octanol–water partition coefficient (Wildman–Crippen LogP) is 1.61. The van der Waals surface area contributed by atoms with Crippen LogP contribution in [0.15, 0.2) is 47.4 Å². The minimum Gasteiger partial charge on any atom is -0.464 e. The van der Waals surface area contributed by atoms with Gasteiger partial charge in [-0.25, -0.2) is 18.0 Å². The van der Waals surface area contributed by atoms with Crippen LogP contribution in [0.4, 0.5) is 0 Å². The average Bonchev–Trinajstić information content (AvgIpc) is 2.59. The Balaban J connectivity index is 2.42. The summed E-state index contributed by atoms with van der Waals surface area (Å²) in [6.07, 6.45) is 0. The summed E-state index contributed by atoms with van der Waals surface area (Å²) in [5.74, 6) is -2.02. The van der Waals surface area contributed by atoms with Gasteiger partial charge in [-0.1, -0.05) is 36.4 Å². The maximum Gasteiger partial charge on any atom is 0.335 e. The molecular formula is C17H19NO6S. The summed E-state index contributed by atoms with van der Waals surface area (Å²) in [4.78, 5) is 23.9. The van der Waals surface area contributed by atoms with Gasteiger partial charge in [0.2, 0.25) is 16.1 Å². The molecule has 0 aliphatic heterocycles. The van der Waals surface area contributed by atoms with Gasteiger partial charge in [-0.05, 0) is 25.3 Å². The van der Waals surface area contributed by atoms with Gasteiger partial charge in [0, 0.05) is 5.39 Å². The SMILES string of the molecule is CCOC(=O)C(NS(=O)(=O)c1cccc2ccccc12)C(=O)OCC. The second-order valence-electron chi connectivity index (χ2n) is 5.04. The smallest absolute Gasteiger partial charge is 0.335 e. The molecule has 0 aliphatic rings. The minimum absolute atomic E-state index is 0.00470. The Morgan fingerprint density at radius 3 is 2.12 bits per heavy atom. The van der Waals surface area contributed by atoms with E-state index in [4.69, 9.17) is 9.47 Å². The lowest BCUT2D eigenvalue weighted by Crippen LogP contribution is -2.48. The van der Waals surface area contributed by atoms with Gasteiger partial charge in [0.1, 0.15) is 0 Å². The Morgan fingerprint density at radius 2 is 1.52 bits per heavy atom. The fourth-order valence-electron chi connectivity index (χ4n) is 2.29. The Bertz CT molecular complexity index is 854. The highest BCUT2D eigenvalue weighted by atomic mass is 32.2. The van der Waals surface area contributed by atoms with Crippen molar-refractivity contribution in [1.82, 2.24) is 4.72 Å². The first kappa shape index (κ1) is 18.9. The summed E-state index contributed by atoms with van der Waals surface area (Å²) in [6, 6.07) is 9.89. The number of sulfonamides is 1. The molecule has 0 saturated carbocycles. The Morgan fingerprint density at radius 1 is 0.960 bits per heavy atom. The predicted molar refractivity (Wildman–Crippen MR) is 91.3 cm³/mol. The van der Waals surface area contributed by atoms with Crippen molar-refractivity contribution in [3.8, 4) is 0 Å². The third-order valence-electron chi connectivity index (χ3n) is 3.36. The molecule has 2 aromatic rings. The first-order valence-corrected chi connectivity index (χ1v) is 9.22. The summed E-state index contributed by atoms with van der Waals surface area (Å²) in [7, 11) is -4.16. The fraction of sp³-hybridized carbons (Fsp3) is 0.294. The van der Waals surface area contributed by atoms with Gasteiger partial charge in [-0.3, -0.25) is 0 Å². The monoisotopic (exact) mass is 365 g/mol. The van der Waals surface area contributed by atoms with Gasteiger partial charge in [0.25, 0.3) is 0 Å². The number of hydrogen-bond donors (Lipinski definition) is 1. The lowest BCUT2D eigenvalue weighted by atomic mass is 10.1. The van der Waals surface area contributed by atoms with Crippen molar-refractivity contribution in [2.75, 3.05) is 13.2 Å². The number of ether oxygens (including phenoxy) is 2. The van der Waals surface area contributed by atoms with E-state index in [1.54, 1.807) is 50.2 Å². The number of fused-ring (bicyclic) bond motifs is 1. The second-order valence-corrected chi connectivity index (χ2v) is 6.72. The molecule has 7 nitrogen and oxygen atoms in total. The van der Waals surface area contributed by atoms with Crippen LogP contribution in [0.5, 0.6) is 0 Å². The van der Waals surface area contributed by atoms with E-state index < -0.39 is 28.0 Å². The van der Waals surface area contributed by atoms with Gasteiger partial charge < -0.3 is 9.47 Å². The molecule has 2 rings (SSSR count). The topological polar surface area (TPSA) is 98.8 Å². The molecule has 2 aromatic carbocycles. The van der Waals surface area contributed by atoms with Crippen molar-refractivity contribution >= 4 is 32.7 Å². The largest absolute Gasteiger partial charge is 0.464 e. The zero-order valence-corrected chi connectivity index (χ0v) is 14.7. The number of rotatable bonds is 7. The zero-order chi connectivity index (χ0) is 18.4. The third-order valence-corrected chi connectivity index (χ3v) is 4.84. The molecule has 0 fully saturated rings. The lowest BCUT2D eigenvalue weighted by Gasteiger charge is -2.16. The van der Waals surface area contributed by atoms with Gasteiger partial charge in [0.05, 0.1) is 18.1 Å². The molecule has 0 radical (unpaired) electrons. The first-order chi connectivity index (χ1) is 11.9. The standard InChI is InChI=1S/C17H19NO6S/c1-3-23-16(19)15(17(20)24-4-2)18-25(21,22)14-11-7-9-12-8-5-6-10-13(12)14/h5-11,15,18H,3-4H2,1-2H3. The van der Waals surface area contributed by atoms with E-state index in [0.29, 0.717) is 10.8 Å². The quantitative estimate of drug-likeness (QED) is 0.591. The molecule has 0 heterocycles. The van der Waals surface area contributed by atoms with Crippen molar-refractivity contribution in [2.45, 2.75) is 24.8 Å². The van der Waals surface area contributed by atoms with E-state index in [1.807, 2.05) is 0 Å². The van der Waals surface area contributed by atoms with E-state index >= 15 is 0 Å². The molecule has 0 aliphatic carbocycles. The molecule has 0 aromatic heterocycles. The molecule has 0 atom stereocenters. The number of esters is 2. The van der Waals surface area contributed by atoms with E-state index in [1.165, 1.54) is 6.07 Å². The lowest BCUT2D eigenvalue weighted by molar-refractivity contribution is -0.157.